The molecule has 1 atom stereocenters. The molecule has 196 valence electrons. The van der Waals surface area contributed by atoms with Crippen LogP contribution in [0, 0.1) is 19.8 Å². The Labute approximate surface area is 214 Å². The molecule has 0 aliphatic carbocycles. The number of aryl methyl sites for hydroxylation is 2. The number of rotatable bonds is 6. The van der Waals surface area contributed by atoms with Crippen LogP contribution in [0.25, 0.3) is 0 Å². The smallest absolute Gasteiger partial charge is 0.243 e. The van der Waals surface area contributed by atoms with E-state index in [1.165, 1.54) is 14.7 Å². The van der Waals surface area contributed by atoms with Gasteiger partial charge in [0.05, 0.1) is 15.7 Å². The Hall–Kier alpha value is -2.31. The monoisotopic (exact) mass is 534 g/mol. The van der Waals surface area contributed by atoms with E-state index >= 15 is 0 Å². The number of nitrogens with one attached hydrogen (secondary N) is 1. The molecule has 0 radical (unpaired) electrons. The molecule has 4 rings (SSSR count). The van der Waals surface area contributed by atoms with Crippen molar-refractivity contribution < 1.29 is 21.6 Å². The van der Waals surface area contributed by atoms with E-state index in [9.17, 15) is 21.6 Å². The Kier molecular flexibility index (Phi) is 7.86. The molecular weight excluding hydrogens is 500 g/mol. The zero-order chi connectivity index (χ0) is 26.1. The van der Waals surface area contributed by atoms with Crippen LogP contribution >= 0.6 is 0 Å². The summed E-state index contributed by atoms with van der Waals surface area (Å²) >= 11 is 0. The number of amides is 1. The molecule has 2 aliphatic rings. The number of piperazine rings is 1. The molecule has 11 heteroatoms. The van der Waals surface area contributed by atoms with Crippen LogP contribution in [0.5, 0.6) is 0 Å². The Morgan fingerprint density at radius 1 is 0.861 bits per heavy atom. The molecule has 0 bridgehead atoms. The van der Waals surface area contributed by atoms with Crippen molar-refractivity contribution in [2.45, 2.75) is 36.5 Å². The Morgan fingerprint density at radius 2 is 1.53 bits per heavy atom. The second kappa shape index (κ2) is 10.6. The van der Waals surface area contributed by atoms with Crippen LogP contribution in [0.1, 0.15) is 24.0 Å². The molecule has 0 saturated carbocycles. The summed E-state index contributed by atoms with van der Waals surface area (Å²) in [5.74, 6) is -0.844. The summed E-state index contributed by atoms with van der Waals surface area (Å²) in [6, 6.07) is 11.6. The number of carbonyl (C=O) groups excluding carboxylic acids is 1. The van der Waals surface area contributed by atoms with Crippen LogP contribution in [0.15, 0.2) is 52.3 Å². The lowest BCUT2D eigenvalue weighted by Crippen LogP contribution is -2.47. The molecule has 0 aromatic heterocycles. The van der Waals surface area contributed by atoms with Gasteiger partial charge < -0.3 is 10.2 Å². The van der Waals surface area contributed by atoms with E-state index in [1.807, 2.05) is 14.0 Å². The first-order chi connectivity index (χ1) is 17.0. The van der Waals surface area contributed by atoms with Gasteiger partial charge in [-0.15, -0.1) is 0 Å². The number of piperidine rings is 1. The fraction of sp³-hybridized carbons (Fsp3) is 0.480. The molecule has 1 amide bonds. The molecule has 2 heterocycles. The van der Waals surface area contributed by atoms with Gasteiger partial charge >= 0.3 is 0 Å². The number of nitrogens with zero attached hydrogens (tertiary/aromatic N) is 3. The summed E-state index contributed by atoms with van der Waals surface area (Å²) < 4.78 is 55.6. The lowest BCUT2D eigenvalue weighted by atomic mass is 9.98. The number of benzene rings is 2. The SMILES string of the molecule is Cc1ccc(S(=O)(=O)N2CCCC(C(=O)Nc3ccc(C)c(S(=O)(=O)N4CCN(C)CC4)c3)C2)cc1. The summed E-state index contributed by atoms with van der Waals surface area (Å²) in [7, 11) is -5.43. The van der Waals surface area contributed by atoms with E-state index in [2.05, 4.69) is 10.2 Å². The maximum absolute atomic E-state index is 13.3. The first-order valence-electron chi connectivity index (χ1n) is 12.2. The van der Waals surface area contributed by atoms with Crippen LogP contribution < -0.4 is 5.32 Å². The third kappa shape index (κ3) is 5.65. The number of likely N-dealkylation sites (N-methyl/N-ethyl adjacent to an activating group) is 1. The fourth-order valence-corrected chi connectivity index (χ4v) is 7.80. The third-order valence-electron chi connectivity index (χ3n) is 6.95. The lowest BCUT2D eigenvalue weighted by molar-refractivity contribution is -0.120. The zero-order valence-corrected chi connectivity index (χ0v) is 22.6. The van der Waals surface area contributed by atoms with Crippen LogP contribution in [-0.4, -0.2) is 82.6 Å². The van der Waals surface area contributed by atoms with Crippen molar-refractivity contribution in [1.82, 2.24) is 13.5 Å². The summed E-state index contributed by atoms with van der Waals surface area (Å²) in [4.78, 5) is 15.6. The Morgan fingerprint density at radius 3 is 2.19 bits per heavy atom. The predicted molar refractivity (Wildman–Crippen MR) is 139 cm³/mol. The Bertz CT molecular complexity index is 1320. The summed E-state index contributed by atoms with van der Waals surface area (Å²) in [5, 5.41) is 2.83. The summed E-state index contributed by atoms with van der Waals surface area (Å²) in [6.45, 7) is 6.24. The van der Waals surface area contributed by atoms with Crippen molar-refractivity contribution >= 4 is 31.6 Å². The van der Waals surface area contributed by atoms with Crippen molar-refractivity contribution in [1.29, 1.82) is 0 Å². The van der Waals surface area contributed by atoms with Gasteiger partial charge in [0, 0.05) is 45.0 Å². The zero-order valence-electron chi connectivity index (χ0n) is 21.0. The third-order valence-corrected chi connectivity index (χ3v) is 10.9. The minimum absolute atomic E-state index is 0.0837. The topological polar surface area (TPSA) is 107 Å². The molecule has 2 fully saturated rings. The van der Waals surface area contributed by atoms with Gasteiger partial charge in [0.2, 0.25) is 26.0 Å². The van der Waals surface area contributed by atoms with E-state index in [4.69, 9.17) is 0 Å². The van der Waals surface area contributed by atoms with Gasteiger partial charge in [-0.3, -0.25) is 4.79 Å². The van der Waals surface area contributed by atoms with E-state index in [0.717, 1.165) is 5.56 Å². The van der Waals surface area contributed by atoms with Crippen LogP contribution in [0.3, 0.4) is 0 Å². The maximum atomic E-state index is 13.3. The molecular formula is C25H34N4O5S2. The first kappa shape index (κ1) is 26.7. The number of hydrogen-bond acceptors (Lipinski definition) is 6. The van der Waals surface area contributed by atoms with Gasteiger partial charge in [-0.25, -0.2) is 16.8 Å². The van der Waals surface area contributed by atoms with Gasteiger partial charge in [0.25, 0.3) is 0 Å². The van der Waals surface area contributed by atoms with Crippen molar-refractivity contribution in [3.05, 3.63) is 53.6 Å². The maximum Gasteiger partial charge on any atom is 0.243 e. The normalized spacial score (nSPS) is 20.8. The van der Waals surface area contributed by atoms with Gasteiger partial charge in [-0.05, 0) is 63.6 Å². The molecule has 1 unspecified atom stereocenters. The molecule has 2 aromatic carbocycles. The highest BCUT2D eigenvalue weighted by Crippen LogP contribution is 2.27. The highest BCUT2D eigenvalue weighted by atomic mass is 32.2. The van der Waals surface area contributed by atoms with Gasteiger partial charge in [0.1, 0.15) is 0 Å². The number of carbonyl (C=O) groups is 1. The molecule has 9 nitrogen and oxygen atoms in total. The van der Waals surface area contributed by atoms with Gasteiger partial charge in [-0.1, -0.05) is 23.8 Å². The lowest BCUT2D eigenvalue weighted by Gasteiger charge is -2.32. The number of anilines is 1. The first-order valence-corrected chi connectivity index (χ1v) is 15.0. The highest BCUT2D eigenvalue weighted by Gasteiger charge is 2.34. The second-order valence-electron chi connectivity index (χ2n) is 9.69. The van der Waals surface area contributed by atoms with Gasteiger partial charge in [-0.2, -0.15) is 8.61 Å². The Balaban J connectivity index is 1.48. The standard InChI is InChI=1S/C25H34N4O5S2/c1-19-6-10-23(11-7-19)35(31,32)29-12-4-5-21(18-29)25(30)26-22-9-8-20(2)24(17-22)36(33,34)28-15-13-27(3)14-16-28/h6-11,17,21H,4-5,12-16,18H2,1-3H3,(H,26,30). The highest BCUT2D eigenvalue weighted by molar-refractivity contribution is 7.89. The summed E-state index contributed by atoms with van der Waals surface area (Å²) in [5.41, 5.74) is 1.97. The summed E-state index contributed by atoms with van der Waals surface area (Å²) in [6.07, 6.45) is 1.13. The fourth-order valence-electron chi connectivity index (χ4n) is 4.60. The molecule has 1 N–H and O–H groups in total. The predicted octanol–water partition coefficient (Wildman–Crippen LogP) is 2.28. The second-order valence-corrected chi connectivity index (χ2v) is 13.5. The average molecular weight is 535 g/mol. The largest absolute Gasteiger partial charge is 0.326 e. The van der Waals surface area contributed by atoms with Crippen molar-refractivity contribution in [3.63, 3.8) is 0 Å². The van der Waals surface area contributed by atoms with E-state index in [-0.39, 0.29) is 22.2 Å². The van der Waals surface area contributed by atoms with Gasteiger partial charge in [0.15, 0.2) is 0 Å². The van der Waals surface area contributed by atoms with Crippen LogP contribution in [-0.2, 0) is 24.8 Å². The minimum atomic E-state index is -3.70. The van der Waals surface area contributed by atoms with E-state index in [0.29, 0.717) is 56.8 Å². The molecule has 0 spiro atoms. The van der Waals surface area contributed by atoms with Crippen molar-refractivity contribution in [2.75, 3.05) is 51.6 Å². The van der Waals surface area contributed by atoms with E-state index in [1.54, 1.807) is 43.3 Å². The average Bonchev–Trinajstić information content (AvgIpc) is 2.85. The minimum Gasteiger partial charge on any atom is -0.326 e. The van der Waals surface area contributed by atoms with Crippen LogP contribution in [0.2, 0.25) is 0 Å². The van der Waals surface area contributed by atoms with Crippen molar-refractivity contribution in [2.24, 2.45) is 5.92 Å². The van der Waals surface area contributed by atoms with Crippen LogP contribution in [0.4, 0.5) is 5.69 Å². The quantitative estimate of drug-likeness (QED) is 0.609. The van der Waals surface area contributed by atoms with Crippen molar-refractivity contribution in [3.8, 4) is 0 Å². The molecule has 2 saturated heterocycles. The van der Waals surface area contributed by atoms with E-state index < -0.39 is 26.0 Å². The number of sulfonamides is 2. The molecule has 2 aliphatic heterocycles. The number of hydrogen-bond donors (Lipinski definition) is 1. The molecule has 36 heavy (non-hydrogen) atoms. The molecule has 2 aromatic rings.